The molecule has 3 N–H and O–H groups in total. The molecule has 2 aromatic rings. The zero-order valence-electron chi connectivity index (χ0n) is 21.2. The molecule has 2 fully saturated rings. The third-order valence-corrected chi connectivity index (χ3v) is 8.29. The molecule has 4 rings (SSSR count). The van der Waals surface area contributed by atoms with Gasteiger partial charge in [0.2, 0.25) is 0 Å². The molecule has 1 aromatic carbocycles. The van der Waals surface area contributed by atoms with Crippen molar-refractivity contribution in [1.29, 1.82) is 0 Å². The molecular weight excluding hydrogens is 464 g/mol. The van der Waals surface area contributed by atoms with Gasteiger partial charge in [-0.15, -0.1) is 11.3 Å². The van der Waals surface area contributed by atoms with Crippen molar-refractivity contribution >= 4 is 33.3 Å². The number of alkyl carbamates (subject to hydrolysis) is 1. The van der Waals surface area contributed by atoms with Gasteiger partial charge in [-0.05, 0) is 88.7 Å². The van der Waals surface area contributed by atoms with E-state index in [0.29, 0.717) is 44.5 Å². The molecule has 0 radical (unpaired) electrons. The van der Waals surface area contributed by atoms with Crippen LogP contribution < -0.4 is 15.4 Å². The maximum absolute atomic E-state index is 14.6. The number of piperidine rings is 1. The predicted octanol–water partition coefficient (Wildman–Crippen LogP) is 4.90. The predicted molar refractivity (Wildman–Crippen MR) is 138 cm³/mol. The molecule has 1 saturated carbocycles. The highest BCUT2D eigenvalue weighted by Crippen LogP contribution is 2.47. The van der Waals surface area contributed by atoms with Gasteiger partial charge in [0.1, 0.15) is 16.9 Å². The number of Topliss-reactive ketones (excluding diaryl/α,β-unsaturated/α-hetero) is 1. The number of methoxy groups -OCH3 is 1. The van der Waals surface area contributed by atoms with Gasteiger partial charge in [-0.3, -0.25) is 4.79 Å². The number of fused-ring (bicyclic) bond motifs is 1. The van der Waals surface area contributed by atoms with E-state index in [1.165, 1.54) is 0 Å². The lowest BCUT2D eigenvalue weighted by Gasteiger charge is -2.45. The van der Waals surface area contributed by atoms with Crippen LogP contribution in [0.25, 0.3) is 10.1 Å². The monoisotopic (exact) mass is 502 g/mol. The second kappa shape index (κ2) is 10.1. The van der Waals surface area contributed by atoms with E-state index in [4.69, 9.17) is 9.47 Å². The van der Waals surface area contributed by atoms with Gasteiger partial charge in [0, 0.05) is 10.1 Å². The number of ether oxygens (including phenoxy) is 2. The Balaban J connectivity index is 1.80. The van der Waals surface area contributed by atoms with Crippen molar-refractivity contribution in [3.8, 4) is 5.75 Å². The van der Waals surface area contributed by atoms with E-state index in [0.717, 1.165) is 34.9 Å². The number of hydrogen-bond donors (Lipinski definition) is 3. The van der Waals surface area contributed by atoms with Crippen LogP contribution in [0, 0.1) is 0 Å². The zero-order valence-corrected chi connectivity index (χ0v) is 22.1. The van der Waals surface area contributed by atoms with E-state index in [1.807, 2.05) is 44.4 Å². The molecule has 1 aliphatic carbocycles. The van der Waals surface area contributed by atoms with Crippen LogP contribution in [0.2, 0.25) is 0 Å². The van der Waals surface area contributed by atoms with E-state index in [2.05, 4.69) is 10.6 Å². The zero-order chi connectivity index (χ0) is 25.3. The van der Waals surface area contributed by atoms with Crippen LogP contribution in [0.3, 0.4) is 0 Å². The Morgan fingerprint density at radius 2 is 1.80 bits per heavy atom. The molecule has 192 valence electrons. The summed E-state index contributed by atoms with van der Waals surface area (Å²) in [6.45, 7) is 6.63. The minimum absolute atomic E-state index is 0.128. The number of nitrogens with one attached hydrogen (secondary N) is 2. The van der Waals surface area contributed by atoms with Crippen molar-refractivity contribution in [2.45, 2.75) is 88.4 Å². The summed E-state index contributed by atoms with van der Waals surface area (Å²) in [6.07, 6.45) is 4.22. The van der Waals surface area contributed by atoms with Crippen LogP contribution >= 0.6 is 11.3 Å². The molecule has 35 heavy (non-hydrogen) atoms. The van der Waals surface area contributed by atoms with Gasteiger partial charge in [-0.25, -0.2) is 4.79 Å². The lowest BCUT2D eigenvalue weighted by atomic mass is 9.66. The number of aliphatic hydroxyl groups is 1. The number of ketones is 1. The number of hydrogen-bond acceptors (Lipinski definition) is 7. The van der Waals surface area contributed by atoms with Gasteiger partial charge in [0.25, 0.3) is 0 Å². The molecule has 1 unspecified atom stereocenters. The quantitative estimate of drug-likeness (QED) is 0.520. The summed E-state index contributed by atoms with van der Waals surface area (Å²) in [5.74, 6) is -0.170. The van der Waals surface area contributed by atoms with Crippen LogP contribution in [0.5, 0.6) is 5.75 Å². The first kappa shape index (κ1) is 25.9. The Hall–Kier alpha value is -2.16. The van der Waals surface area contributed by atoms with E-state index in [9.17, 15) is 14.7 Å². The maximum Gasteiger partial charge on any atom is 0.408 e. The van der Waals surface area contributed by atoms with Gasteiger partial charge in [-0.2, -0.15) is 0 Å². The number of rotatable bonds is 6. The molecule has 7 nitrogen and oxygen atoms in total. The Morgan fingerprint density at radius 3 is 2.43 bits per heavy atom. The topological polar surface area (TPSA) is 96.9 Å². The van der Waals surface area contributed by atoms with E-state index in [-0.39, 0.29) is 5.78 Å². The van der Waals surface area contributed by atoms with Crippen LogP contribution in [0.1, 0.15) is 77.2 Å². The first-order chi connectivity index (χ1) is 16.6. The van der Waals surface area contributed by atoms with Crippen molar-refractivity contribution in [2.75, 3.05) is 20.2 Å². The minimum Gasteiger partial charge on any atom is -0.497 e. The average molecular weight is 503 g/mol. The van der Waals surface area contributed by atoms with Gasteiger partial charge in [-0.1, -0.05) is 19.3 Å². The third kappa shape index (κ3) is 5.49. The first-order valence-corrected chi connectivity index (χ1v) is 13.5. The Kier molecular flexibility index (Phi) is 7.46. The molecule has 2 heterocycles. The summed E-state index contributed by atoms with van der Waals surface area (Å²) >= 11 is 1.57. The lowest BCUT2D eigenvalue weighted by Crippen LogP contribution is -2.63. The van der Waals surface area contributed by atoms with Crippen molar-refractivity contribution in [3.05, 3.63) is 29.1 Å². The van der Waals surface area contributed by atoms with E-state index >= 15 is 0 Å². The second-order valence-electron chi connectivity index (χ2n) is 11.0. The van der Waals surface area contributed by atoms with Crippen LogP contribution in [-0.2, 0) is 9.53 Å². The fourth-order valence-electron chi connectivity index (χ4n) is 5.57. The summed E-state index contributed by atoms with van der Waals surface area (Å²) in [6, 6.07) is 5.85. The standard InChI is InChI=1S/C27H38N2O5S/c1-25(2,3)34-24(31)29-26(12-14-28-15-13-26)23(30)22(27(32)10-6-5-7-11-27)20-17-35-21-9-8-18(33-4)16-19(20)21/h8-9,16-17,22,28,32H,5-7,10-15H2,1-4H3,(H,29,31). The van der Waals surface area contributed by atoms with Gasteiger partial charge in [0.05, 0.1) is 18.6 Å². The molecule has 2 aliphatic rings. The molecule has 1 saturated heterocycles. The highest BCUT2D eigenvalue weighted by atomic mass is 32.1. The van der Waals surface area contributed by atoms with E-state index < -0.39 is 28.8 Å². The van der Waals surface area contributed by atoms with Crippen LogP contribution in [-0.4, -0.2) is 53.9 Å². The molecule has 1 aromatic heterocycles. The Morgan fingerprint density at radius 1 is 1.11 bits per heavy atom. The van der Waals surface area contributed by atoms with Crippen molar-refractivity contribution in [3.63, 3.8) is 0 Å². The molecule has 0 bridgehead atoms. The smallest absolute Gasteiger partial charge is 0.408 e. The van der Waals surface area contributed by atoms with Crippen molar-refractivity contribution < 1.29 is 24.2 Å². The second-order valence-corrected chi connectivity index (χ2v) is 11.9. The van der Waals surface area contributed by atoms with Crippen LogP contribution in [0.4, 0.5) is 4.79 Å². The summed E-state index contributed by atoms with van der Waals surface area (Å²) in [7, 11) is 1.62. The number of benzene rings is 1. The summed E-state index contributed by atoms with van der Waals surface area (Å²) in [4.78, 5) is 27.6. The fraction of sp³-hybridized carbons (Fsp3) is 0.630. The third-order valence-electron chi connectivity index (χ3n) is 7.31. The fourth-order valence-corrected chi connectivity index (χ4v) is 6.53. The summed E-state index contributed by atoms with van der Waals surface area (Å²) in [5.41, 5.74) is -2.14. The van der Waals surface area contributed by atoms with Crippen molar-refractivity contribution in [1.82, 2.24) is 10.6 Å². The van der Waals surface area contributed by atoms with Crippen LogP contribution in [0.15, 0.2) is 23.6 Å². The number of thiophene rings is 1. The van der Waals surface area contributed by atoms with Crippen molar-refractivity contribution in [2.24, 2.45) is 0 Å². The van der Waals surface area contributed by atoms with Gasteiger partial charge >= 0.3 is 6.09 Å². The number of carbonyl (C=O) groups is 2. The van der Waals surface area contributed by atoms with Gasteiger partial charge in [0.15, 0.2) is 5.78 Å². The number of amides is 1. The molecule has 1 aliphatic heterocycles. The molecule has 1 amide bonds. The molecule has 0 spiro atoms. The molecular formula is C27H38N2O5S. The maximum atomic E-state index is 14.6. The Bertz CT molecular complexity index is 1060. The van der Waals surface area contributed by atoms with E-state index in [1.54, 1.807) is 18.4 Å². The van der Waals surface area contributed by atoms with Gasteiger partial charge < -0.3 is 25.2 Å². The highest BCUT2D eigenvalue weighted by Gasteiger charge is 2.52. The molecule has 1 atom stereocenters. The Labute approximate surface area is 211 Å². The molecule has 8 heteroatoms. The normalized spacial score (nSPS) is 20.7. The number of carbonyl (C=O) groups excluding carboxylic acids is 2. The first-order valence-electron chi connectivity index (χ1n) is 12.6. The lowest BCUT2D eigenvalue weighted by molar-refractivity contribution is -0.136. The summed E-state index contributed by atoms with van der Waals surface area (Å²) < 4.78 is 12.1. The largest absolute Gasteiger partial charge is 0.497 e. The SMILES string of the molecule is COc1ccc2scc(C(C(=O)C3(NC(=O)OC(C)(C)C)CCNCC3)C3(O)CCCCC3)c2c1. The minimum atomic E-state index is -1.17. The average Bonchev–Trinajstić information content (AvgIpc) is 3.21. The highest BCUT2D eigenvalue weighted by molar-refractivity contribution is 7.17. The summed E-state index contributed by atoms with van der Waals surface area (Å²) in [5, 5.41) is 21.2.